The van der Waals surface area contributed by atoms with Crippen LogP contribution in [-0.2, 0) is 16.1 Å². The van der Waals surface area contributed by atoms with Gasteiger partial charge in [0.05, 0.1) is 0 Å². The second-order valence-electron chi connectivity index (χ2n) is 2.95. The van der Waals surface area contributed by atoms with E-state index in [9.17, 15) is 4.79 Å². The largest absolute Gasteiger partial charge is 0.457 e. The van der Waals surface area contributed by atoms with Crippen LogP contribution < -0.4 is 0 Å². The van der Waals surface area contributed by atoms with E-state index in [1.54, 1.807) is 6.92 Å². The number of hydrogen-bond acceptors (Lipinski definition) is 2. The van der Waals surface area contributed by atoms with Crippen LogP contribution in [0, 0.1) is 3.57 Å². The van der Waals surface area contributed by atoms with E-state index in [1.165, 1.54) is 0 Å². The number of carbonyl (C=O) groups is 1. The monoisotopic (exact) mass is 302 g/mol. The molecule has 0 aliphatic carbocycles. The Morgan fingerprint density at radius 3 is 2.71 bits per heavy atom. The summed E-state index contributed by atoms with van der Waals surface area (Å²) in [6.45, 7) is 5.46. The van der Waals surface area contributed by atoms with Gasteiger partial charge < -0.3 is 4.74 Å². The highest BCUT2D eigenvalue weighted by atomic mass is 127. The van der Waals surface area contributed by atoms with Crippen molar-refractivity contribution in [1.29, 1.82) is 0 Å². The molecule has 0 unspecified atom stereocenters. The first-order valence-corrected chi connectivity index (χ1v) is 5.25. The third kappa shape index (κ3) is 3.14. The van der Waals surface area contributed by atoms with Gasteiger partial charge in [0, 0.05) is 14.7 Å². The van der Waals surface area contributed by atoms with Crippen LogP contribution in [0.15, 0.2) is 36.4 Å². The Hall–Kier alpha value is -0.840. The molecule has 0 fully saturated rings. The smallest absolute Gasteiger partial charge is 0.333 e. The van der Waals surface area contributed by atoms with Crippen molar-refractivity contribution in [3.05, 3.63) is 45.6 Å². The highest BCUT2D eigenvalue weighted by Crippen LogP contribution is 2.12. The molecule has 0 heterocycles. The second-order valence-corrected chi connectivity index (χ2v) is 4.11. The summed E-state index contributed by atoms with van der Waals surface area (Å²) in [6.07, 6.45) is 0. The molecular weight excluding hydrogens is 291 g/mol. The summed E-state index contributed by atoms with van der Waals surface area (Å²) < 4.78 is 6.12. The molecular formula is C11H11IO2. The van der Waals surface area contributed by atoms with Gasteiger partial charge in [-0.1, -0.05) is 24.8 Å². The molecule has 0 atom stereocenters. The summed E-state index contributed by atoms with van der Waals surface area (Å²) in [5, 5.41) is 0. The zero-order chi connectivity index (χ0) is 10.6. The molecule has 3 heteroatoms. The van der Waals surface area contributed by atoms with Crippen molar-refractivity contribution in [3.63, 3.8) is 0 Å². The van der Waals surface area contributed by atoms with Gasteiger partial charge in [-0.15, -0.1) is 0 Å². The topological polar surface area (TPSA) is 26.3 Å². The molecule has 0 aromatic heterocycles. The molecule has 0 aliphatic heterocycles. The van der Waals surface area contributed by atoms with E-state index in [-0.39, 0.29) is 5.97 Å². The number of carbonyl (C=O) groups excluding carboxylic acids is 1. The van der Waals surface area contributed by atoms with E-state index < -0.39 is 0 Å². The quantitative estimate of drug-likeness (QED) is 0.487. The van der Waals surface area contributed by atoms with Crippen LogP contribution in [0.25, 0.3) is 0 Å². The Morgan fingerprint density at radius 2 is 2.14 bits per heavy atom. The predicted octanol–water partition coefficient (Wildman–Crippen LogP) is 2.91. The SMILES string of the molecule is C=C(C)C(=O)OCc1ccccc1I. The number of benzene rings is 1. The van der Waals surface area contributed by atoms with Crippen LogP contribution in [0.1, 0.15) is 12.5 Å². The zero-order valence-electron chi connectivity index (χ0n) is 7.92. The van der Waals surface area contributed by atoms with Crippen LogP contribution in [0.4, 0.5) is 0 Å². The number of ether oxygens (including phenoxy) is 1. The maximum atomic E-state index is 11.1. The van der Waals surface area contributed by atoms with Crippen LogP contribution >= 0.6 is 22.6 Å². The summed E-state index contributed by atoms with van der Waals surface area (Å²) in [4.78, 5) is 11.1. The molecule has 0 N–H and O–H groups in total. The number of halogens is 1. The van der Waals surface area contributed by atoms with Gasteiger partial charge in [-0.2, -0.15) is 0 Å². The molecule has 2 nitrogen and oxygen atoms in total. The molecule has 0 saturated carbocycles. The maximum absolute atomic E-state index is 11.1. The van der Waals surface area contributed by atoms with Crippen molar-refractivity contribution < 1.29 is 9.53 Å². The molecule has 0 radical (unpaired) electrons. The standard InChI is InChI=1S/C11H11IO2/c1-8(2)11(13)14-7-9-5-3-4-6-10(9)12/h3-6H,1,7H2,2H3. The zero-order valence-corrected chi connectivity index (χ0v) is 10.1. The Morgan fingerprint density at radius 1 is 1.50 bits per heavy atom. The van der Waals surface area contributed by atoms with Gasteiger partial charge >= 0.3 is 5.97 Å². The third-order valence-electron chi connectivity index (χ3n) is 1.67. The molecule has 1 aromatic carbocycles. The van der Waals surface area contributed by atoms with Crippen molar-refractivity contribution >= 4 is 28.6 Å². The average molecular weight is 302 g/mol. The lowest BCUT2D eigenvalue weighted by Crippen LogP contribution is -2.05. The molecule has 0 aliphatic rings. The fourth-order valence-corrected chi connectivity index (χ4v) is 1.43. The van der Waals surface area contributed by atoms with Crippen LogP contribution in [0.2, 0.25) is 0 Å². The highest BCUT2D eigenvalue weighted by Gasteiger charge is 2.04. The Kier molecular flexibility index (Phi) is 4.13. The van der Waals surface area contributed by atoms with Crippen LogP contribution in [0.5, 0.6) is 0 Å². The van der Waals surface area contributed by atoms with Gasteiger partial charge in [-0.05, 0) is 35.6 Å². The van der Waals surface area contributed by atoms with E-state index in [0.717, 1.165) is 9.13 Å². The Bertz CT molecular complexity index is 358. The van der Waals surface area contributed by atoms with Crippen molar-refractivity contribution in [1.82, 2.24) is 0 Å². The van der Waals surface area contributed by atoms with E-state index in [1.807, 2.05) is 24.3 Å². The predicted molar refractivity (Wildman–Crippen MR) is 63.8 cm³/mol. The number of rotatable bonds is 3. The highest BCUT2D eigenvalue weighted by molar-refractivity contribution is 14.1. The van der Waals surface area contributed by atoms with Gasteiger partial charge in [0.1, 0.15) is 6.61 Å². The average Bonchev–Trinajstić information content (AvgIpc) is 2.16. The van der Waals surface area contributed by atoms with Gasteiger partial charge in [0.25, 0.3) is 0 Å². The van der Waals surface area contributed by atoms with Gasteiger partial charge in [0.15, 0.2) is 0 Å². The van der Waals surface area contributed by atoms with Crippen molar-refractivity contribution in [3.8, 4) is 0 Å². The van der Waals surface area contributed by atoms with Gasteiger partial charge in [-0.3, -0.25) is 0 Å². The minimum Gasteiger partial charge on any atom is -0.457 e. The number of esters is 1. The van der Waals surface area contributed by atoms with Crippen LogP contribution in [0.3, 0.4) is 0 Å². The van der Waals surface area contributed by atoms with Crippen LogP contribution in [-0.4, -0.2) is 5.97 Å². The van der Waals surface area contributed by atoms with Crippen molar-refractivity contribution in [2.45, 2.75) is 13.5 Å². The first-order chi connectivity index (χ1) is 6.61. The van der Waals surface area contributed by atoms with Crippen molar-refractivity contribution in [2.75, 3.05) is 0 Å². The summed E-state index contributed by atoms with van der Waals surface area (Å²) in [6, 6.07) is 7.79. The summed E-state index contributed by atoms with van der Waals surface area (Å²) >= 11 is 2.21. The minimum atomic E-state index is -0.343. The maximum Gasteiger partial charge on any atom is 0.333 e. The molecule has 14 heavy (non-hydrogen) atoms. The lowest BCUT2D eigenvalue weighted by Gasteiger charge is -2.05. The first-order valence-electron chi connectivity index (χ1n) is 4.17. The normalized spacial score (nSPS) is 9.57. The molecule has 1 aromatic rings. The second kappa shape index (κ2) is 5.14. The third-order valence-corrected chi connectivity index (χ3v) is 2.72. The summed E-state index contributed by atoms with van der Waals surface area (Å²) in [7, 11) is 0. The summed E-state index contributed by atoms with van der Waals surface area (Å²) in [5.74, 6) is -0.343. The summed E-state index contributed by atoms with van der Waals surface area (Å²) in [5.41, 5.74) is 1.44. The first kappa shape index (κ1) is 11.2. The molecule has 1 rings (SSSR count). The fraction of sp³-hybridized carbons (Fsp3) is 0.182. The molecule has 0 bridgehead atoms. The van der Waals surface area contributed by atoms with E-state index in [4.69, 9.17) is 4.74 Å². The molecule has 74 valence electrons. The van der Waals surface area contributed by atoms with E-state index in [2.05, 4.69) is 29.2 Å². The Labute approximate surface area is 97.1 Å². The molecule has 0 saturated heterocycles. The van der Waals surface area contributed by atoms with E-state index in [0.29, 0.717) is 12.2 Å². The Balaban J connectivity index is 2.58. The van der Waals surface area contributed by atoms with Crippen molar-refractivity contribution in [2.24, 2.45) is 0 Å². The molecule has 0 spiro atoms. The lowest BCUT2D eigenvalue weighted by atomic mass is 10.2. The minimum absolute atomic E-state index is 0.310. The fourth-order valence-electron chi connectivity index (χ4n) is 0.882. The molecule has 0 amide bonds. The van der Waals surface area contributed by atoms with Gasteiger partial charge in [0.2, 0.25) is 0 Å². The van der Waals surface area contributed by atoms with E-state index >= 15 is 0 Å². The lowest BCUT2D eigenvalue weighted by molar-refractivity contribution is -0.140. The number of hydrogen-bond donors (Lipinski definition) is 0. The van der Waals surface area contributed by atoms with Gasteiger partial charge in [-0.25, -0.2) is 4.79 Å².